The monoisotopic (exact) mass is 252 g/mol. The van der Waals surface area contributed by atoms with Crippen LogP contribution in [0.4, 0.5) is 0 Å². The van der Waals surface area contributed by atoms with Crippen molar-refractivity contribution in [2.75, 3.05) is 25.2 Å². The normalized spacial score (nSPS) is 10.5. The predicted molar refractivity (Wildman–Crippen MR) is 74.1 cm³/mol. The molecule has 0 bridgehead atoms. The van der Waals surface area contributed by atoms with Gasteiger partial charge in [-0.05, 0) is 43.2 Å². The second-order valence-corrected chi connectivity index (χ2v) is 5.23. The van der Waals surface area contributed by atoms with Crippen molar-refractivity contribution in [3.05, 3.63) is 34.9 Å². The summed E-state index contributed by atoms with van der Waals surface area (Å²) in [4.78, 5) is 11.9. The summed E-state index contributed by atoms with van der Waals surface area (Å²) in [6, 6.07) is 5.91. The maximum atomic E-state index is 11.9. The molecule has 17 heavy (non-hydrogen) atoms. The summed E-state index contributed by atoms with van der Waals surface area (Å²) in [7, 11) is 1.70. The Hall–Kier alpha value is -0.800. The molecule has 0 fully saturated rings. The van der Waals surface area contributed by atoms with Crippen LogP contribution in [0.2, 0.25) is 0 Å². The maximum Gasteiger partial charge on any atom is 0.172 e. The van der Waals surface area contributed by atoms with E-state index in [1.807, 2.05) is 25.1 Å². The highest BCUT2D eigenvalue weighted by molar-refractivity contribution is 7.99. The van der Waals surface area contributed by atoms with Crippen LogP contribution in [0.5, 0.6) is 0 Å². The van der Waals surface area contributed by atoms with Crippen molar-refractivity contribution in [2.24, 2.45) is 0 Å². The molecule has 0 atom stereocenters. The number of hydrogen-bond acceptors (Lipinski definition) is 3. The van der Waals surface area contributed by atoms with Crippen LogP contribution in [0.25, 0.3) is 0 Å². The number of ketones is 1. The smallest absolute Gasteiger partial charge is 0.172 e. The standard InChI is InChI=1S/C14H20O2S/c1-11-5-6-13(9-12(11)2)14(15)10-17-8-4-7-16-3/h5-6,9H,4,7-8,10H2,1-3H3. The molecule has 3 heteroatoms. The van der Waals surface area contributed by atoms with Crippen LogP contribution in [-0.2, 0) is 4.74 Å². The molecule has 0 aliphatic heterocycles. The second kappa shape index (κ2) is 7.51. The third kappa shape index (κ3) is 4.92. The van der Waals surface area contributed by atoms with Crippen molar-refractivity contribution in [2.45, 2.75) is 20.3 Å². The van der Waals surface area contributed by atoms with Crippen molar-refractivity contribution in [3.8, 4) is 0 Å². The predicted octanol–water partition coefficient (Wildman–Crippen LogP) is 3.26. The van der Waals surface area contributed by atoms with E-state index in [4.69, 9.17) is 4.74 Å². The first kappa shape index (κ1) is 14.3. The minimum absolute atomic E-state index is 0.218. The average molecular weight is 252 g/mol. The van der Waals surface area contributed by atoms with Gasteiger partial charge in [0.25, 0.3) is 0 Å². The third-order valence-corrected chi connectivity index (χ3v) is 3.74. The molecule has 1 aromatic rings. The SMILES string of the molecule is COCCCSCC(=O)c1ccc(C)c(C)c1. The summed E-state index contributed by atoms with van der Waals surface area (Å²) >= 11 is 1.68. The molecule has 0 aromatic heterocycles. The number of methoxy groups -OCH3 is 1. The van der Waals surface area contributed by atoms with E-state index in [0.717, 1.165) is 24.3 Å². The third-order valence-electron chi connectivity index (χ3n) is 2.70. The Morgan fingerprint density at radius 1 is 1.29 bits per heavy atom. The van der Waals surface area contributed by atoms with Crippen LogP contribution >= 0.6 is 11.8 Å². The molecule has 0 aliphatic carbocycles. The van der Waals surface area contributed by atoms with Crippen LogP contribution in [-0.4, -0.2) is 31.0 Å². The van der Waals surface area contributed by atoms with E-state index in [1.165, 1.54) is 11.1 Å². The Balaban J connectivity index is 2.39. The zero-order chi connectivity index (χ0) is 12.7. The molecule has 0 spiro atoms. The van der Waals surface area contributed by atoms with Crippen molar-refractivity contribution in [1.82, 2.24) is 0 Å². The maximum absolute atomic E-state index is 11.9. The Morgan fingerprint density at radius 3 is 2.71 bits per heavy atom. The number of aryl methyl sites for hydroxylation is 2. The number of rotatable bonds is 7. The quantitative estimate of drug-likeness (QED) is 0.550. The van der Waals surface area contributed by atoms with E-state index in [9.17, 15) is 4.79 Å². The van der Waals surface area contributed by atoms with E-state index >= 15 is 0 Å². The molecule has 0 saturated carbocycles. The molecule has 1 aromatic carbocycles. The van der Waals surface area contributed by atoms with Gasteiger partial charge in [0.2, 0.25) is 0 Å². The molecule has 0 radical (unpaired) electrons. The number of thioether (sulfide) groups is 1. The van der Waals surface area contributed by atoms with Gasteiger partial charge in [0.15, 0.2) is 5.78 Å². The Kier molecular flexibility index (Phi) is 6.30. The fraction of sp³-hybridized carbons (Fsp3) is 0.500. The molecule has 0 unspecified atom stereocenters. The zero-order valence-electron chi connectivity index (χ0n) is 10.8. The van der Waals surface area contributed by atoms with E-state index in [0.29, 0.717) is 5.75 Å². The van der Waals surface area contributed by atoms with Gasteiger partial charge in [-0.1, -0.05) is 12.1 Å². The number of carbonyl (C=O) groups excluding carboxylic acids is 1. The largest absolute Gasteiger partial charge is 0.385 e. The summed E-state index contributed by atoms with van der Waals surface area (Å²) < 4.78 is 4.96. The Morgan fingerprint density at radius 2 is 2.06 bits per heavy atom. The number of carbonyl (C=O) groups is 1. The van der Waals surface area contributed by atoms with Crippen molar-refractivity contribution in [3.63, 3.8) is 0 Å². The van der Waals surface area contributed by atoms with E-state index in [-0.39, 0.29) is 5.78 Å². The number of benzene rings is 1. The van der Waals surface area contributed by atoms with Crippen LogP contribution in [0.15, 0.2) is 18.2 Å². The number of hydrogen-bond donors (Lipinski definition) is 0. The molecule has 1 rings (SSSR count). The van der Waals surface area contributed by atoms with Crippen LogP contribution in [0, 0.1) is 13.8 Å². The molecule has 0 heterocycles. The summed E-state index contributed by atoms with van der Waals surface area (Å²) in [5.74, 6) is 1.76. The first-order valence-corrected chi connectivity index (χ1v) is 6.97. The highest BCUT2D eigenvalue weighted by Crippen LogP contribution is 2.13. The minimum atomic E-state index is 0.218. The molecule has 0 amide bonds. The summed E-state index contributed by atoms with van der Waals surface area (Å²) in [6.07, 6.45) is 1.00. The van der Waals surface area contributed by atoms with E-state index in [2.05, 4.69) is 6.92 Å². The summed E-state index contributed by atoms with van der Waals surface area (Å²) in [6.45, 7) is 4.87. The van der Waals surface area contributed by atoms with Gasteiger partial charge in [0.05, 0.1) is 5.75 Å². The van der Waals surface area contributed by atoms with Crippen LogP contribution in [0.3, 0.4) is 0 Å². The molecule has 0 N–H and O–H groups in total. The second-order valence-electron chi connectivity index (χ2n) is 4.12. The van der Waals surface area contributed by atoms with Gasteiger partial charge in [-0.15, -0.1) is 0 Å². The molecule has 94 valence electrons. The molecule has 0 saturated heterocycles. The van der Waals surface area contributed by atoms with Gasteiger partial charge < -0.3 is 4.74 Å². The topological polar surface area (TPSA) is 26.3 Å². The summed E-state index contributed by atoms with van der Waals surface area (Å²) in [5, 5.41) is 0. The van der Waals surface area contributed by atoms with Crippen molar-refractivity contribution in [1.29, 1.82) is 0 Å². The summed E-state index contributed by atoms with van der Waals surface area (Å²) in [5.41, 5.74) is 3.24. The lowest BCUT2D eigenvalue weighted by atomic mass is 10.0. The molecule has 0 aliphatic rings. The average Bonchev–Trinajstić information content (AvgIpc) is 2.32. The lowest BCUT2D eigenvalue weighted by molar-refractivity contribution is 0.102. The highest BCUT2D eigenvalue weighted by Gasteiger charge is 2.06. The van der Waals surface area contributed by atoms with E-state index in [1.54, 1.807) is 18.9 Å². The van der Waals surface area contributed by atoms with Crippen LogP contribution < -0.4 is 0 Å². The number of Topliss-reactive ketones (excluding diaryl/α,β-unsaturated/α-hetero) is 1. The fourth-order valence-corrected chi connectivity index (χ4v) is 2.29. The highest BCUT2D eigenvalue weighted by atomic mass is 32.2. The van der Waals surface area contributed by atoms with Crippen molar-refractivity contribution < 1.29 is 9.53 Å². The molecular weight excluding hydrogens is 232 g/mol. The van der Waals surface area contributed by atoms with Gasteiger partial charge in [-0.2, -0.15) is 11.8 Å². The minimum Gasteiger partial charge on any atom is -0.385 e. The van der Waals surface area contributed by atoms with Gasteiger partial charge in [-0.25, -0.2) is 0 Å². The van der Waals surface area contributed by atoms with Crippen molar-refractivity contribution >= 4 is 17.5 Å². The zero-order valence-corrected chi connectivity index (χ0v) is 11.6. The first-order valence-electron chi connectivity index (χ1n) is 5.82. The number of ether oxygens (including phenoxy) is 1. The van der Waals surface area contributed by atoms with E-state index < -0.39 is 0 Å². The lowest BCUT2D eigenvalue weighted by Gasteiger charge is -2.04. The first-order chi connectivity index (χ1) is 8.15. The molecule has 2 nitrogen and oxygen atoms in total. The molecular formula is C14H20O2S. The lowest BCUT2D eigenvalue weighted by Crippen LogP contribution is -2.04. The fourth-order valence-electron chi connectivity index (χ4n) is 1.47. The van der Waals surface area contributed by atoms with Gasteiger partial charge in [0.1, 0.15) is 0 Å². The van der Waals surface area contributed by atoms with Gasteiger partial charge in [-0.3, -0.25) is 4.79 Å². The van der Waals surface area contributed by atoms with Crippen LogP contribution in [0.1, 0.15) is 27.9 Å². The Labute approximate surface area is 108 Å². The Bertz CT molecular complexity index is 374. The van der Waals surface area contributed by atoms with Gasteiger partial charge >= 0.3 is 0 Å². The van der Waals surface area contributed by atoms with Gasteiger partial charge in [0, 0.05) is 19.3 Å².